The minimum atomic E-state index is 0.579. The third kappa shape index (κ3) is 3.80. The van der Waals surface area contributed by atoms with E-state index >= 15 is 0 Å². The molecule has 4 nitrogen and oxygen atoms in total. The minimum absolute atomic E-state index is 0.579. The van der Waals surface area contributed by atoms with Gasteiger partial charge in [0, 0.05) is 12.8 Å². The van der Waals surface area contributed by atoms with Gasteiger partial charge in [0.1, 0.15) is 0 Å². The Labute approximate surface area is 110 Å². The summed E-state index contributed by atoms with van der Waals surface area (Å²) in [6.45, 7) is 8.94. The van der Waals surface area contributed by atoms with Gasteiger partial charge >= 0.3 is 0 Å². The van der Waals surface area contributed by atoms with Crippen LogP contribution in [0.5, 0.6) is 0 Å². The summed E-state index contributed by atoms with van der Waals surface area (Å²) in [4.78, 5) is 4.49. The zero-order valence-electron chi connectivity index (χ0n) is 11.8. The molecular formula is C14H25N3O. The Morgan fingerprint density at radius 2 is 2.17 bits per heavy atom. The molecule has 1 aromatic rings. The van der Waals surface area contributed by atoms with Crippen molar-refractivity contribution in [2.24, 2.45) is 17.8 Å². The smallest absolute Gasteiger partial charge is 0.226 e. The maximum atomic E-state index is 5.35. The summed E-state index contributed by atoms with van der Waals surface area (Å²) >= 11 is 0. The number of hydrogen-bond donors (Lipinski definition) is 1. The topological polar surface area (TPSA) is 51.0 Å². The Kier molecular flexibility index (Phi) is 4.75. The maximum absolute atomic E-state index is 5.35. The molecule has 2 heterocycles. The first kappa shape index (κ1) is 13.5. The van der Waals surface area contributed by atoms with Crippen LogP contribution in [0.1, 0.15) is 45.3 Å². The number of rotatable bonds is 5. The Bertz CT molecular complexity index is 356. The van der Waals surface area contributed by atoms with Crippen LogP contribution in [0, 0.1) is 17.8 Å². The lowest BCUT2D eigenvalue weighted by molar-refractivity contribution is 0.256. The van der Waals surface area contributed by atoms with Gasteiger partial charge in [-0.05, 0) is 43.7 Å². The lowest BCUT2D eigenvalue weighted by atomic mass is 9.85. The van der Waals surface area contributed by atoms with Crippen LogP contribution in [0.4, 0.5) is 0 Å². The monoisotopic (exact) mass is 251 g/mol. The maximum Gasteiger partial charge on any atom is 0.226 e. The Balaban J connectivity index is 1.86. The van der Waals surface area contributed by atoms with Crippen molar-refractivity contribution in [3.05, 3.63) is 11.7 Å². The van der Waals surface area contributed by atoms with E-state index in [1.165, 1.54) is 19.4 Å². The molecule has 102 valence electrons. The third-order valence-electron chi connectivity index (χ3n) is 3.74. The summed E-state index contributed by atoms with van der Waals surface area (Å²) in [5, 5.41) is 7.52. The van der Waals surface area contributed by atoms with Gasteiger partial charge in [-0.3, -0.25) is 0 Å². The molecule has 0 amide bonds. The Morgan fingerprint density at radius 1 is 1.33 bits per heavy atom. The fourth-order valence-electron chi connectivity index (χ4n) is 2.63. The molecule has 0 bridgehead atoms. The molecule has 2 unspecified atom stereocenters. The van der Waals surface area contributed by atoms with Crippen molar-refractivity contribution in [3.63, 3.8) is 0 Å². The highest BCUT2D eigenvalue weighted by Gasteiger charge is 2.22. The predicted molar refractivity (Wildman–Crippen MR) is 71.3 cm³/mol. The van der Waals surface area contributed by atoms with Crippen LogP contribution in [0.25, 0.3) is 0 Å². The molecule has 0 saturated carbocycles. The van der Waals surface area contributed by atoms with Gasteiger partial charge in [-0.1, -0.05) is 25.9 Å². The van der Waals surface area contributed by atoms with Crippen molar-refractivity contribution in [3.8, 4) is 0 Å². The van der Waals surface area contributed by atoms with Gasteiger partial charge in [-0.15, -0.1) is 0 Å². The first-order valence-electron chi connectivity index (χ1n) is 7.17. The van der Waals surface area contributed by atoms with Crippen molar-refractivity contribution < 1.29 is 4.52 Å². The van der Waals surface area contributed by atoms with E-state index in [2.05, 4.69) is 36.2 Å². The largest absolute Gasteiger partial charge is 0.339 e. The van der Waals surface area contributed by atoms with Gasteiger partial charge in [0.05, 0.1) is 0 Å². The molecule has 0 radical (unpaired) electrons. The van der Waals surface area contributed by atoms with Crippen LogP contribution in [-0.2, 0) is 12.8 Å². The molecule has 1 aliphatic heterocycles. The van der Waals surface area contributed by atoms with E-state index in [1.807, 2.05) is 0 Å². The SMILES string of the molecule is CC(C)Cc1noc(CC(C)C2CCCNC2)n1. The highest BCUT2D eigenvalue weighted by molar-refractivity contribution is 4.90. The number of aromatic nitrogens is 2. The molecule has 0 spiro atoms. The summed E-state index contributed by atoms with van der Waals surface area (Å²) in [5.41, 5.74) is 0. The fourth-order valence-corrected chi connectivity index (χ4v) is 2.63. The third-order valence-corrected chi connectivity index (χ3v) is 3.74. The van der Waals surface area contributed by atoms with Gasteiger partial charge in [0.2, 0.25) is 5.89 Å². The molecule has 18 heavy (non-hydrogen) atoms. The normalized spacial score (nSPS) is 22.3. The lowest BCUT2D eigenvalue weighted by Gasteiger charge is -2.27. The van der Waals surface area contributed by atoms with Gasteiger partial charge in [-0.25, -0.2) is 0 Å². The molecule has 0 aliphatic carbocycles. The summed E-state index contributed by atoms with van der Waals surface area (Å²) in [7, 11) is 0. The van der Waals surface area contributed by atoms with Crippen LogP contribution >= 0.6 is 0 Å². The second-order valence-electron chi connectivity index (χ2n) is 5.99. The number of nitrogens with zero attached hydrogens (tertiary/aromatic N) is 2. The average molecular weight is 251 g/mol. The first-order valence-corrected chi connectivity index (χ1v) is 7.17. The summed E-state index contributed by atoms with van der Waals surface area (Å²) in [6, 6.07) is 0. The highest BCUT2D eigenvalue weighted by Crippen LogP contribution is 2.22. The molecular weight excluding hydrogens is 226 g/mol. The van der Waals surface area contributed by atoms with Crippen LogP contribution < -0.4 is 5.32 Å². The molecule has 1 N–H and O–H groups in total. The van der Waals surface area contributed by atoms with Crippen molar-refractivity contribution in [1.29, 1.82) is 0 Å². The molecule has 1 aliphatic rings. The zero-order chi connectivity index (χ0) is 13.0. The molecule has 1 saturated heterocycles. The van der Waals surface area contributed by atoms with Crippen molar-refractivity contribution in [1.82, 2.24) is 15.5 Å². The van der Waals surface area contributed by atoms with Gasteiger partial charge < -0.3 is 9.84 Å². The van der Waals surface area contributed by atoms with Crippen LogP contribution in [0.2, 0.25) is 0 Å². The number of hydrogen-bond acceptors (Lipinski definition) is 4. The molecule has 0 aromatic carbocycles. The molecule has 1 aromatic heterocycles. The molecule has 4 heteroatoms. The summed E-state index contributed by atoms with van der Waals surface area (Å²) < 4.78 is 5.35. The first-order chi connectivity index (χ1) is 8.65. The van der Waals surface area contributed by atoms with E-state index in [0.717, 1.165) is 37.0 Å². The molecule has 2 atom stereocenters. The standard InChI is InChI=1S/C14H25N3O/c1-10(2)7-13-16-14(18-17-13)8-11(3)12-5-4-6-15-9-12/h10-12,15H,4-9H2,1-3H3. The lowest BCUT2D eigenvalue weighted by Crippen LogP contribution is -2.33. The van der Waals surface area contributed by atoms with Crippen molar-refractivity contribution >= 4 is 0 Å². The Hall–Kier alpha value is -0.900. The van der Waals surface area contributed by atoms with E-state index in [9.17, 15) is 0 Å². The van der Waals surface area contributed by atoms with Crippen molar-refractivity contribution in [2.75, 3.05) is 13.1 Å². The van der Waals surface area contributed by atoms with E-state index in [0.29, 0.717) is 11.8 Å². The minimum Gasteiger partial charge on any atom is -0.339 e. The molecule has 1 fully saturated rings. The number of piperidine rings is 1. The zero-order valence-corrected chi connectivity index (χ0v) is 11.8. The highest BCUT2D eigenvalue weighted by atomic mass is 16.5. The van der Waals surface area contributed by atoms with Gasteiger partial charge in [0.25, 0.3) is 0 Å². The van der Waals surface area contributed by atoms with Crippen molar-refractivity contribution in [2.45, 2.75) is 46.5 Å². The van der Waals surface area contributed by atoms with E-state index in [4.69, 9.17) is 4.52 Å². The van der Waals surface area contributed by atoms with Gasteiger partial charge in [0.15, 0.2) is 5.82 Å². The predicted octanol–water partition coefficient (Wildman–Crippen LogP) is 2.45. The van der Waals surface area contributed by atoms with Crippen LogP contribution in [-0.4, -0.2) is 23.2 Å². The Morgan fingerprint density at radius 3 is 2.83 bits per heavy atom. The van der Waals surface area contributed by atoms with Crippen LogP contribution in [0.15, 0.2) is 4.52 Å². The number of nitrogens with one attached hydrogen (secondary N) is 1. The average Bonchev–Trinajstić information content (AvgIpc) is 2.76. The van der Waals surface area contributed by atoms with E-state index in [-0.39, 0.29) is 0 Å². The summed E-state index contributed by atoms with van der Waals surface area (Å²) in [6.07, 6.45) is 4.43. The van der Waals surface area contributed by atoms with Crippen LogP contribution in [0.3, 0.4) is 0 Å². The fraction of sp³-hybridized carbons (Fsp3) is 0.857. The van der Waals surface area contributed by atoms with Gasteiger partial charge in [-0.2, -0.15) is 4.98 Å². The van der Waals surface area contributed by atoms with E-state index in [1.54, 1.807) is 0 Å². The second kappa shape index (κ2) is 6.32. The van der Waals surface area contributed by atoms with E-state index < -0.39 is 0 Å². The summed E-state index contributed by atoms with van der Waals surface area (Å²) in [5.74, 6) is 3.61. The molecule has 2 rings (SSSR count). The second-order valence-corrected chi connectivity index (χ2v) is 5.99. The quantitative estimate of drug-likeness (QED) is 0.873.